The minimum Gasteiger partial charge on any atom is -0.351 e. The van der Waals surface area contributed by atoms with Gasteiger partial charge in [-0.2, -0.15) is 0 Å². The molecule has 0 spiro atoms. The highest BCUT2D eigenvalue weighted by molar-refractivity contribution is 5.91. The van der Waals surface area contributed by atoms with Gasteiger partial charge in [0.25, 0.3) is 0 Å². The molecular weight excluding hydrogens is 360 g/mol. The fourth-order valence-corrected chi connectivity index (χ4v) is 2.87. The highest BCUT2D eigenvalue weighted by atomic mass is 19.2. The molecule has 140 valence electrons. The van der Waals surface area contributed by atoms with Crippen molar-refractivity contribution in [1.82, 2.24) is 9.88 Å². The van der Waals surface area contributed by atoms with Crippen LogP contribution in [0.4, 0.5) is 17.6 Å². The van der Waals surface area contributed by atoms with E-state index in [4.69, 9.17) is 0 Å². The van der Waals surface area contributed by atoms with Crippen LogP contribution < -0.4 is 5.32 Å². The van der Waals surface area contributed by atoms with Crippen molar-refractivity contribution in [3.8, 4) is 0 Å². The first-order chi connectivity index (χ1) is 12.8. The number of aromatic nitrogens is 1. The number of carbonyl (C=O) groups excluding carboxylic acids is 1. The van der Waals surface area contributed by atoms with Crippen LogP contribution in [0.5, 0.6) is 0 Å². The summed E-state index contributed by atoms with van der Waals surface area (Å²) >= 11 is 0. The summed E-state index contributed by atoms with van der Waals surface area (Å²) in [5.74, 6) is -4.96. The van der Waals surface area contributed by atoms with Crippen LogP contribution in [0.2, 0.25) is 0 Å². The summed E-state index contributed by atoms with van der Waals surface area (Å²) in [5.41, 5.74) is 1.82. The maximum atomic E-state index is 13.3. The van der Waals surface area contributed by atoms with Gasteiger partial charge in [-0.05, 0) is 55.0 Å². The van der Waals surface area contributed by atoms with Gasteiger partial charge in [0.15, 0.2) is 17.5 Å². The highest BCUT2D eigenvalue weighted by Crippen LogP contribution is 2.20. The largest absolute Gasteiger partial charge is 0.351 e. The standard InChI is InChI=1S/C20H16F4N2O/c1-12-8-14-11-15(21)3-4-18(14)26(12)7-6-25-19(27)5-2-13-9-16(22)20(24)17(23)10-13/h2-5,8-11H,6-7H2,1H3,(H,25,27)/b5-2-. The van der Waals surface area contributed by atoms with E-state index < -0.39 is 23.4 Å². The van der Waals surface area contributed by atoms with Gasteiger partial charge >= 0.3 is 0 Å². The molecule has 1 amide bonds. The molecule has 0 bridgehead atoms. The summed E-state index contributed by atoms with van der Waals surface area (Å²) in [4.78, 5) is 11.9. The molecule has 0 aliphatic rings. The van der Waals surface area contributed by atoms with E-state index >= 15 is 0 Å². The number of rotatable bonds is 5. The lowest BCUT2D eigenvalue weighted by Gasteiger charge is -2.09. The molecule has 27 heavy (non-hydrogen) atoms. The van der Waals surface area contributed by atoms with Gasteiger partial charge in [0.2, 0.25) is 5.91 Å². The Morgan fingerprint density at radius 1 is 1.07 bits per heavy atom. The average molecular weight is 376 g/mol. The van der Waals surface area contributed by atoms with E-state index in [1.54, 1.807) is 6.07 Å². The predicted octanol–water partition coefficient (Wildman–Crippen LogP) is 4.34. The summed E-state index contributed by atoms with van der Waals surface area (Å²) < 4.78 is 54.4. The molecular formula is C20H16F4N2O. The van der Waals surface area contributed by atoms with Crippen LogP contribution in [0.1, 0.15) is 11.3 Å². The quantitative estimate of drug-likeness (QED) is 0.401. The fourth-order valence-electron chi connectivity index (χ4n) is 2.87. The van der Waals surface area contributed by atoms with Crippen molar-refractivity contribution in [2.24, 2.45) is 0 Å². The third-order valence-electron chi connectivity index (χ3n) is 4.14. The van der Waals surface area contributed by atoms with Gasteiger partial charge in [-0.3, -0.25) is 4.79 Å². The van der Waals surface area contributed by atoms with Crippen LogP contribution >= 0.6 is 0 Å². The Hall–Kier alpha value is -3.09. The minimum absolute atomic E-state index is 0.0378. The number of amides is 1. The first-order valence-corrected chi connectivity index (χ1v) is 8.21. The van der Waals surface area contributed by atoms with Crippen molar-refractivity contribution in [1.29, 1.82) is 0 Å². The van der Waals surface area contributed by atoms with Crippen LogP contribution in [-0.4, -0.2) is 17.0 Å². The third kappa shape index (κ3) is 4.19. The fraction of sp³-hybridized carbons (Fsp3) is 0.150. The number of hydrogen-bond donors (Lipinski definition) is 1. The topological polar surface area (TPSA) is 34.0 Å². The smallest absolute Gasteiger partial charge is 0.244 e. The Bertz CT molecular complexity index is 1020. The zero-order valence-corrected chi connectivity index (χ0v) is 14.4. The van der Waals surface area contributed by atoms with E-state index in [0.717, 1.165) is 34.8 Å². The van der Waals surface area contributed by atoms with E-state index in [-0.39, 0.29) is 11.4 Å². The Morgan fingerprint density at radius 2 is 1.78 bits per heavy atom. The van der Waals surface area contributed by atoms with E-state index in [1.807, 2.05) is 17.6 Å². The van der Waals surface area contributed by atoms with Crippen molar-refractivity contribution in [3.05, 3.63) is 77.0 Å². The van der Waals surface area contributed by atoms with Gasteiger partial charge in [-0.15, -0.1) is 0 Å². The number of halogens is 4. The molecule has 0 atom stereocenters. The molecule has 3 aromatic rings. The maximum absolute atomic E-state index is 13.3. The van der Waals surface area contributed by atoms with Crippen molar-refractivity contribution in [3.63, 3.8) is 0 Å². The molecule has 0 saturated carbocycles. The molecule has 1 N–H and O–H groups in total. The zero-order valence-electron chi connectivity index (χ0n) is 14.4. The molecule has 0 aliphatic carbocycles. The molecule has 1 aromatic heterocycles. The summed E-state index contributed by atoms with van der Waals surface area (Å²) in [6.45, 7) is 2.66. The van der Waals surface area contributed by atoms with Crippen molar-refractivity contribution >= 4 is 22.9 Å². The van der Waals surface area contributed by atoms with E-state index in [1.165, 1.54) is 18.2 Å². The van der Waals surface area contributed by atoms with Crippen molar-refractivity contribution < 1.29 is 22.4 Å². The van der Waals surface area contributed by atoms with Crippen LogP contribution in [-0.2, 0) is 11.3 Å². The van der Waals surface area contributed by atoms with Crippen molar-refractivity contribution in [2.75, 3.05) is 6.54 Å². The van der Waals surface area contributed by atoms with Gasteiger partial charge in [-0.25, -0.2) is 17.6 Å². The number of aryl methyl sites for hydroxylation is 1. The van der Waals surface area contributed by atoms with E-state index in [2.05, 4.69) is 5.32 Å². The van der Waals surface area contributed by atoms with Gasteiger partial charge < -0.3 is 9.88 Å². The molecule has 0 unspecified atom stereocenters. The molecule has 1 heterocycles. The molecule has 0 aliphatic heterocycles. The number of nitrogens with zero attached hydrogens (tertiary/aromatic N) is 1. The van der Waals surface area contributed by atoms with Crippen LogP contribution in [0.15, 0.2) is 42.5 Å². The van der Waals surface area contributed by atoms with E-state index in [9.17, 15) is 22.4 Å². The lowest BCUT2D eigenvalue weighted by Crippen LogP contribution is -2.25. The van der Waals surface area contributed by atoms with Crippen LogP contribution in [0.3, 0.4) is 0 Å². The summed E-state index contributed by atoms with van der Waals surface area (Å²) in [6.07, 6.45) is 2.31. The van der Waals surface area contributed by atoms with Gasteiger partial charge in [-0.1, -0.05) is 0 Å². The van der Waals surface area contributed by atoms with E-state index in [0.29, 0.717) is 13.1 Å². The second kappa shape index (κ2) is 7.65. The molecule has 7 heteroatoms. The first-order valence-electron chi connectivity index (χ1n) is 8.21. The molecule has 3 rings (SSSR count). The Labute approximate surface area is 152 Å². The summed E-state index contributed by atoms with van der Waals surface area (Å²) in [5, 5.41) is 3.43. The first kappa shape index (κ1) is 18.7. The molecule has 2 aromatic carbocycles. The Balaban J connectivity index is 1.61. The molecule has 0 fully saturated rings. The summed E-state index contributed by atoms with van der Waals surface area (Å²) in [7, 11) is 0. The molecule has 0 radical (unpaired) electrons. The lowest BCUT2D eigenvalue weighted by atomic mass is 10.2. The normalized spacial score (nSPS) is 11.4. The average Bonchev–Trinajstić information content (AvgIpc) is 2.92. The Kier molecular flexibility index (Phi) is 5.30. The second-order valence-corrected chi connectivity index (χ2v) is 6.06. The zero-order chi connectivity index (χ0) is 19.6. The monoisotopic (exact) mass is 376 g/mol. The maximum Gasteiger partial charge on any atom is 0.244 e. The molecule has 0 saturated heterocycles. The second-order valence-electron chi connectivity index (χ2n) is 6.06. The van der Waals surface area contributed by atoms with Gasteiger partial charge in [0.05, 0.1) is 0 Å². The Morgan fingerprint density at radius 3 is 2.48 bits per heavy atom. The number of fused-ring (bicyclic) bond motifs is 1. The lowest BCUT2D eigenvalue weighted by molar-refractivity contribution is -0.116. The SMILES string of the molecule is Cc1cc2cc(F)ccc2n1CCNC(=O)/C=C\c1cc(F)c(F)c(F)c1. The number of carbonyl (C=O) groups is 1. The minimum atomic E-state index is -1.55. The van der Waals surface area contributed by atoms with Gasteiger partial charge in [0.1, 0.15) is 5.82 Å². The number of hydrogen-bond acceptors (Lipinski definition) is 1. The number of nitrogens with one attached hydrogen (secondary N) is 1. The molecule has 3 nitrogen and oxygen atoms in total. The van der Waals surface area contributed by atoms with Gasteiger partial charge in [0, 0.05) is 35.8 Å². The van der Waals surface area contributed by atoms with Crippen LogP contribution in [0, 0.1) is 30.2 Å². The summed E-state index contributed by atoms with van der Waals surface area (Å²) in [6, 6.07) is 7.96. The highest BCUT2D eigenvalue weighted by Gasteiger charge is 2.09. The predicted molar refractivity (Wildman–Crippen MR) is 95.0 cm³/mol. The third-order valence-corrected chi connectivity index (χ3v) is 4.14. The van der Waals surface area contributed by atoms with Crippen LogP contribution in [0.25, 0.3) is 17.0 Å². The van der Waals surface area contributed by atoms with Crippen molar-refractivity contribution in [2.45, 2.75) is 13.5 Å². The number of benzene rings is 2.